The predicted molar refractivity (Wildman–Crippen MR) is 88.8 cm³/mol. The summed E-state index contributed by atoms with van der Waals surface area (Å²) in [6.07, 6.45) is 5.00. The van der Waals surface area contributed by atoms with Gasteiger partial charge in [0.15, 0.2) is 0 Å². The summed E-state index contributed by atoms with van der Waals surface area (Å²) in [5, 5.41) is 3.14. The Kier molecular flexibility index (Phi) is 5.40. The first-order chi connectivity index (χ1) is 9.99. The lowest BCUT2D eigenvalue weighted by Crippen LogP contribution is -2.42. The van der Waals surface area contributed by atoms with E-state index in [0.717, 1.165) is 29.9 Å². The van der Waals surface area contributed by atoms with Crippen molar-refractivity contribution in [3.8, 4) is 0 Å². The van der Waals surface area contributed by atoms with Crippen LogP contribution < -0.4 is 5.32 Å². The van der Waals surface area contributed by atoms with Gasteiger partial charge in [-0.15, -0.1) is 0 Å². The molecule has 0 unspecified atom stereocenters. The molecule has 1 aromatic rings. The van der Waals surface area contributed by atoms with Gasteiger partial charge in [0.2, 0.25) is 5.91 Å². The van der Waals surface area contributed by atoms with E-state index in [0.29, 0.717) is 0 Å². The highest BCUT2D eigenvalue weighted by molar-refractivity contribution is 5.96. The summed E-state index contributed by atoms with van der Waals surface area (Å²) < 4.78 is 0. The Morgan fingerprint density at radius 3 is 2.10 bits per heavy atom. The fourth-order valence-corrected chi connectivity index (χ4v) is 3.25. The molecule has 1 atom stereocenters. The number of nitrogens with zero attached hydrogens (tertiary/aromatic N) is 1. The quantitative estimate of drug-likeness (QED) is 0.917. The topological polar surface area (TPSA) is 32.3 Å². The minimum absolute atomic E-state index is 0.0526. The normalized spacial score (nSPS) is 18.1. The molecule has 0 spiro atoms. The van der Waals surface area contributed by atoms with Crippen LogP contribution in [0.25, 0.3) is 0 Å². The Labute approximate surface area is 128 Å². The second-order valence-electron chi connectivity index (χ2n) is 6.39. The monoisotopic (exact) mass is 288 g/mol. The van der Waals surface area contributed by atoms with Gasteiger partial charge in [-0.25, -0.2) is 0 Å². The van der Waals surface area contributed by atoms with Crippen LogP contribution in [0.2, 0.25) is 0 Å². The number of aryl methyl sites for hydroxylation is 3. The standard InChI is InChI=1S/C18H28N2O/c1-13-11-14(2)17(15(3)12-13)19-18(21)16(4)20-9-7-5-6-8-10-20/h11-12,16H,5-10H2,1-4H3,(H,19,21)/t16-/m1/s1. The molecule has 0 radical (unpaired) electrons. The van der Waals surface area contributed by atoms with Crippen LogP contribution in [-0.4, -0.2) is 29.9 Å². The lowest BCUT2D eigenvalue weighted by Gasteiger charge is -2.27. The minimum atomic E-state index is -0.0526. The number of nitrogens with one attached hydrogen (secondary N) is 1. The highest BCUT2D eigenvalue weighted by Crippen LogP contribution is 2.22. The molecular formula is C18H28N2O. The first kappa shape index (κ1) is 16.0. The number of likely N-dealkylation sites (tertiary alicyclic amines) is 1. The van der Waals surface area contributed by atoms with Gasteiger partial charge in [0, 0.05) is 5.69 Å². The van der Waals surface area contributed by atoms with E-state index in [4.69, 9.17) is 0 Å². The van der Waals surface area contributed by atoms with Gasteiger partial charge in [0.05, 0.1) is 6.04 Å². The van der Waals surface area contributed by atoms with Crippen molar-refractivity contribution >= 4 is 11.6 Å². The average Bonchev–Trinajstić information content (AvgIpc) is 2.70. The second kappa shape index (κ2) is 7.08. The summed E-state index contributed by atoms with van der Waals surface area (Å²) in [6.45, 7) is 10.3. The molecule has 0 saturated carbocycles. The van der Waals surface area contributed by atoms with Crippen LogP contribution in [0.15, 0.2) is 12.1 Å². The average molecular weight is 288 g/mol. The zero-order valence-electron chi connectivity index (χ0n) is 13.8. The molecular weight excluding hydrogens is 260 g/mol. The summed E-state index contributed by atoms with van der Waals surface area (Å²) in [5.74, 6) is 0.118. The first-order valence-electron chi connectivity index (χ1n) is 8.12. The zero-order chi connectivity index (χ0) is 15.4. The van der Waals surface area contributed by atoms with Gasteiger partial charge in [0.25, 0.3) is 0 Å². The Bertz CT molecular complexity index is 479. The molecule has 0 aromatic heterocycles. The van der Waals surface area contributed by atoms with Gasteiger partial charge >= 0.3 is 0 Å². The molecule has 2 rings (SSSR count). The molecule has 3 heteroatoms. The number of amides is 1. The molecule has 0 aliphatic carbocycles. The van der Waals surface area contributed by atoms with E-state index in [1.807, 2.05) is 6.92 Å². The second-order valence-corrected chi connectivity index (χ2v) is 6.39. The predicted octanol–water partition coefficient (Wildman–Crippen LogP) is 3.81. The highest BCUT2D eigenvalue weighted by Gasteiger charge is 2.22. The maximum Gasteiger partial charge on any atom is 0.241 e. The molecule has 116 valence electrons. The van der Waals surface area contributed by atoms with E-state index in [-0.39, 0.29) is 11.9 Å². The van der Waals surface area contributed by atoms with Crippen LogP contribution in [0.5, 0.6) is 0 Å². The molecule has 0 bridgehead atoms. The Balaban J connectivity index is 2.06. The minimum Gasteiger partial charge on any atom is -0.324 e. The van der Waals surface area contributed by atoms with Gasteiger partial charge in [-0.3, -0.25) is 9.69 Å². The van der Waals surface area contributed by atoms with Crippen molar-refractivity contribution in [3.05, 3.63) is 28.8 Å². The lowest BCUT2D eigenvalue weighted by molar-refractivity contribution is -0.120. The fraction of sp³-hybridized carbons (Fsp3) is 0.611. The third-order valence-corrected chi connectivity index (χ3v) is 4.49. The van der Waals surface area contributed by atoms with Crippen LogP contribution in [-0.2, 0) is 4.79 Å². The Morgan fingerprint density at radius 2 is 1.57 bits per heavy atom. The van der Waals surface area contributed by atoms with Crippen molar-refractivity contribution in [2.75, 3.05) is 18.4 Å². The summed E-state index contributed by atoms with van der Waals surface area (Å²) in [4.78, 5) is 14.9. The first-order valence-corrected chi connectivity index (χ1v) is 8.12. The Hall–Kier alpha value is -1.35. The van der Waals surface area contributed by atoms with Crippen molar-refractivity contribution in [1.29, 1.82) is 0 Å². The number of carbonyl (C=O) groups excluding carboxylic acids is 1. The summed E-state index contributed by atoms with van der Waals surface area (Å²) in [5.41, 5.74) is 4.50. The van der Waals surface area contributed by atoms with Crippen molar-refractivity contribution in [3.63, 3.8) is 0 Å². The molecule has 1 aromatic carbocycles. The molecule has 3 nitrogen and oxygen atoms in total. The molecule has 21 heavy (non-hydrogen) atoms. The van der Waals surface area contributed by atoms with Gasteiger partial charge in [-0.1, -0.05) is 30.5 Å². The number of hydrogen-bond acceptors (Lipinski definition) is 2. The van der Waals surface area contributed by atoms with Crippen molar-refractivity contribution in [1.82, 2.24) is 4.90 Å². The maximum absolute atomic E-state index is 12.6. The summed E-state index contributed by atoms with van der Waals surface area (Å²) >= 11 is 0. The van der Waals surface area contributed by atoms with Crippen molar-refractivity contribution < 1.29 is 4.79 Å². The number of anilines is 1. The van der Waals surface area contributed by atoms with Gasteiger partial charge in [-0.05, 0) is 64.8 Å². The lowest BCUT2D eigenvalue weighted by atomic mass is 10.0. The van der Waals surface area contributed by atoms with Crippen LogP contribution in [0.3, 0.4) is 0 Å². The number of benzene rings is 1. The van der Waals surface area contributed by atoms with E-state index < -0.39 is 0 Å². The zero-order valence-corrected chi connectivity index (χ0v) is 13.8. The van der Waals surface area contributed by atoms with E-state index in [1.54, 1.807) is 0 Å². The van der Waals surface area contributed by atoms with E-state index in [2.05, 4.69) is 43.1 Å². The van der Waals surface area contributed by atoms with Crippen molar-refractivity contribution in [2.24, 2.45) is 0 Å². The SMILES string of the molecule is Cc1cc(C)c(NC(=O)[C@@H](C)N2CCCCCC2)c(C)c1. The third kappa shape index (κ3) is 4.07. The molecule has 1 N–H and O–H groups in total. The van der Waals surface area contributed by atoms with Crippen LogP contribution in [0, 0.1) is 20.8 Å². The number of rotatable bonds is 3. The van der Waals surface area contributed by atoms with Crippen LogP contribution in [0.1, 0.15) is 49.3 Å². The largest absolute Gasteiger partial charge is 0.324 e. The van der Waals surface area contributed by atoms with Crippen molar-refractivity contribution in [2.45, 2.75) is 59.4 Å². The summed E-state index contributed by atoms with van der Waals surface area (Å²) in [7, 11) is 0. The van der Waals surface area contributed by atoms with Gasteiger partial charge < -0.3 is 5.32 Å². The van der Waals surface area contributed by atoms with Crippen LogP contribution in [0.4, 0.5) is 5.69 Å². The van der Waals surface area contributed by atoms with Crippen LogP contribution >= 0.6 is 0 Å². The van der Waals surface area contributed by atoms with E-state index in [9.17, 15) is 4.79 Å². The van der Waals surface area contributed by atoms with E-state index >= 15 is 0 Å². The smallest absolute Gasteiger partial charge is 0.241 e. The fourth-order valence-electron chi connectivity index (χ4n) is 3.25. The Morgan fingerprint density at radius 1 is 1.05 bits per heavy atom. The highest BCUT2D eigenvalue weighted by atomic mass is 16.2. The molecule has 1 heterocycles. The molecule has 1 amide bonds. The number of hydrogen-bond donors (Lipinski definition) is 1. The molecule has 1 fully saturated rings. The van der Waals surface area contributed by atoms with Gasteiger partial charge in [0.1, 0.15) is 0 Å². The van der Waals surface area contributed by atoms with Gasteiger partial charge in [-0.2, -0.15) is 0 Å². The molecule has 1 aliphatic heterocycles. The summed E-state index contributed by atoms with van der Waals surface area (Å²) in [6, 6.07) is 4.20. The number of carbonyl (C=O) groups is 1. The third-order valence-electron chi connectivity index (χ3n) is 4.49. The van der Waals surface area contributed by atoms with E-state index in [1.165, 1.54) is 31.2 Å². The molecule has 1 saturated heterocycles. The molecule has 1 aliphatic rings. The maximum atomic E-state index is 12.6.